The highest BCUT2D eigenvalue weighted by Gasteiger charge is 2.19. The largest absolute Gasteiger partial charge is 0.374 e. The summed E-state index contributed by atoms with van der Waals surface area (Å²) >= 11 is 6.12. The lowest BCUT2D eigenvalue weighted by Crippen LogP contribution is -2.32. The summed E-state index contributed by atoms with van der Waals surface area (Å²) in [6, 6.07) is 14.8. The van der Waals surface area contributed by atoms with E-state index in [1.165, 1.54) is 42.5 Å². The van der Waals surface area contributed by atoms with Gasteiger partial charge in [-0.2, -0.15) is 0 Å². The van der Waals surface area contributed by atoms with Gasteiger partial charge < -0.3 is 10.2 Å². The Balaban J connectivity index is 0.00000176. The van der Waals surface area contributed by atoms with Crippen molar-refractivity contribution in [1.29, 1.82) is 0 Å². The molecule has 0 saturated carbocycles. The molecule has 1 saturated heterocycles. The number of pyridine rings is 1. The number of halogens is 1. The molecule has 1 aliphatic rings. The summed E-state index contributed by atoms with van der Waals surface area (Å²) in [5.41, 5.74) is 5.05. The lowest BCUT2D eigenvalue weighted by molar-refractivity contribution is 0.250. The fourth-order valence-corrected chi connectivity index (χ4v) is 4.15. The number of nitrogens with one attached hydrogen (secondary N) is 1. The first kappa shape index (κ1) is 26.1. The maximum absolute atomic E-state index is 6.12. The van der Waals surface area contributed by atoms with E-state index in [1.54, 1.807) is 13.4 Å². The molecular weight excluding hydrogens is 416 g/mol. The topological polar surface area (TPSA) is 40.5 Å². The van der Waals surface area contributed by atoms with E-state index in [0.717, 1.165) is 36.6 Å². The Hall–Kier alpha value is -2.17. The van der Waals surface area contributed by atoms with Gasteiger partial charge in [-0.05, 0) is 69.0 Å². The van der Waals surface area contributed by atoms with Crippen LogP contribution in [0.5, 0.6) is 0 Å². The van der Waals surface area contributed by atoms with E-state index in [1.807, 2.05) is 38.2 Å². The molecule has 3 rings (SSSR count). The molecule has 2 aromatic rings. The molecule has 0 aliphatic carbocycles. The van der Waals surface area contributed by atoms with Crippen molar-refractivity contribution >= 4 is 23.5 Å². The highest BCUT2D eigenvalue weighted by Crippen LogP contribution is 2.32. The maximum Gasteiger partial charge on any atom is 0.0822 e. The van der Waals surface area contributed by atoms with Crippen molar-refractivity contribution in [3.63, 3.8) is 0 Å². The lowest BCUT2D eigenvalue weighted by Gasteiger charge is -2.30. The van der Waals surface area contributed by atoms with Gasteiger partial charge in [0, 0.05) is 43.0 Å². The van der Waals surface area contributed by atoms with Crippen molar-refractivity contribution in [3.05, 3.63) is 70.5 Å². The van der Waals surface area contributed by atoms with Crippen LogP contribution in [0.3, 0.4) is 0 Å². The van der Waals surface area contributed by atoms with Crippen LogP contribution in [0.15, 0.2) is 59.2 Å². The average molecular weight is 455 g/mol. The molecule has 1 fully saturated rings. The monoisotopic (exact) mass is 454 g/mol. The Bertz CT molecular complexity index is 820. The Labute approximate surface area is 199 Å². The summed E-state index contributed by atoms with van der Waals surface area (Å²) < 4.78 is 0. The molecule has 32 heavy (non-hydrogen) atoms. The second kappa shape index (κ2) is 14.8. The van der Waals surface area contributed by atoms with Crippen LogP contribution in [0, 0.1) is 0 Å². The summed E-state index contributed by atoms with van der Waals surface area (Å²) in [6.07, 6.45) is 9.55. The molecule has 0 bridgehead atoms. The first-order valence-corrected chi connectivity index (χ1v) is 12.3. The van der Waals surface area contributed by atoms with Gasteiger partial charge in [-0.15, -0.1) is 0 Å². The molecule has 1 atom stereocenters. The van der Waals surface area contributed by atoms with E-state index in [2.05, 4.69) is 51.4 Å². The third kappa shape index (κ3) is 8.40. The van der Waals surface area contributed by atoms with E-state index >= 15 is 0 Å². The van der Waals surface area contributed by atoms with Crippen LogP contribution in [0.4, 0.5) is 0 Å². The zero-order valence-electron chi connectivity index (χ0n) is 20.1. The molecular formula is C27H39ClN4. The average Bonchev–Trinajstić information content (AvgIpc) is 2.85. The number of rotatable bonds is 9. The highest BCUT2D eigenvalue weighted by atomic mass is 35.5. The van der Waals surface area contributed by atoms with Crippen molar-refractivity contribution in [1.82, 2.24) is 15.2 Å². The third-order valence-corrected chi connectivity index (χ3v) is 5.97. The summed E-state index contributed by atoms with van der Waals surface area (Å²) in [4.78, 5) is 11.2. The van der Waals surface area contributed by atoms with Crippen molar-refractivity contribution in [2.24, 2.45) is 4.99 Å². The van der Waals surface area contributed by atoms with Gasteiger partial charge in [0.25, 0.3) is 0 Å². The molecule has 0 radical (unpaired) electrons. The maximum atomic E-state index is 6.12. The van der Waals surface area contributed by atoms with Crippen LogP contribution >= 0.6 is 11.6 Å². The summed E-state index contributed by atoms with van der Waals surface area (Å²) in [5, 5.41) is 4.07. The van der Waals surface area contributed by atoms with Crippen LogP contribution in [0.1, 0.15) is 64.1 Å². The zero-order chi connectivity index (χ0) is 23.2. The summed E-state index contributed by atoms with van der Waals surface area (Å²) in [6.45, 7) is 9.64. The Morgan fingerprint density at radius 1 is 1.12 bits per heavy atom. The SMILES string of the molecule is CC.CN=CNC(C)CCCCN1CCC(=C(c2ccc(Cl)cc2)c2ccccn2)CC1. The van der Waals surface area contributed by atoms with Crippen LogP contribution < -0.4 is 5.32 Å². The van der Waals surface area contributed by atoms with E-state index in [-0.39, 0.29) is 0 Å². The summed E-state index contributed by atoms with van der Waals surface area (Å²) in [7, 11) is 1.80. The van der Waals surface area contributed by atoms with Gasteiger partial charge in [0.05, 0.1) is 12.0 Å². The number of aromatic nitrogens is 1. The van der Waals surface area contributed by atoms with Gasteiger partial charge in [-0.3, -0.25) is 9.98 Å². The Morgan fingerprint density at radius 2 is 1.84 bits per heavy atom. The second-order valence-corrected chi connectivity index (χ2v) is 8.43. The smallest absolute Gasteiger partial charge is 0.0822 e. The van der Waals surface area contributed by atoms with Gasteiger partial charge in [-0.25, -0.2) is 0 Å². The van der Waals surface area contributed by atoms with Crippen molar-refractivity contribution in [2.45, 2.75) is 58.9 Å². The summed E-state index contributed by atoms with van der Waals surface area (Å²) in [5.74, 6) is 0. The van der Waals surface area contributed by atoms with Crippen LogP contribution in [0.2, 0.25) is 5.02 Å². The molecule has 1 unspecified atom stereocenters. The van der Waals surface area contributed by atoms with E-state index in [0.29, 0.717) is 6.04 Å². The highest BCUT2D eigenvalue weighted by molar-refractivity contribution is 6.30. The minimum atomic E-state index is 0.491. The predicted molar refractivity (Wildman–Crippen MR) is 140 cm³/mol. The number of nitrogens with zero attached hydrogens (tertiary/aromatic N) is 3. The van der Waals surface area contributed by atoms with Crippen molar-refractivity contribution < 1.29 is 0 Å². The number of hydrogen-bond acceptors (Lipinski definition) is 3. The standard InChI is InChI=1S/C25H33ClN4.C2H6/c1-20(29-19-27-2)7-4-6-16-30-17-13-22(14-18-30)25(24-8-3-5-15-28-24)21-9-11-23(26)12-10-21;1-2/h3,5,8-12,15,19-20H,4,6-7,13-14,16-18H2,1-2H3,(H,27,29);1-2H3. The molecule has 0 amide bonds. The van der Waals surface area contributed by atoms with Crippen molar-refractivity contribution in [2.75, 3.05) is 26.7 Å². The van der Waals surface area contributed by atoms with E-state index in [4.69, 9.17) is 11.6 Å². The van der Waals surface area contributed by atoms with Gasteiger partial charge in [0.15, 0.2) is 0 Å². The number of unbranched alkanes of at least 4 members (excludes halogenated alkanes) is 1. The van der Waals surface area contributed by atoms with Gasteiger partial charge in [0.1, 0.15) is 0 Å². The Morgan fingerprint density at radius 3 is 2.47 bits per heavy atom. The number of hydrogen-bond donors (Lipinski definition) is 1. The molecule has 1 aliphatic heterocycles. The van der Waals surface area contributed by atoms with Crippen molar-refractivity contribution in [3.8, 4) is 0 Å². The molecule has 1 N–H and O–H groups in total. The van der Waals surface area contributed by atoms with Gasteiger partial charge in [0.2, 0.25) is 0 Å². The minimum Gasteiger partial charge on any atom is -0.374 e. The van der Waals surface area contributed by atoms with Crippen LogP contribution in [0.25, 0.3) is 5.57 Å². The molecule has 174 valence electrons. The lowest BCUT2D eigenvalue weighted by atomic mass is 9.90. The molecule has 5 heteroatoms. The number of piperidine rings is 1. The molecule has 2 heterocycles. The first-order chi connectivity index (χ1) is 15.7. The Kier molecular flexibility index (Phi) is 12.1. The fourth-order valence-electron chi connectivity index (χ4n) is 4.03. The number of aliphatic imine (C=N–C) groups is 1. The van der Waals surface area contributed by atoms with Gasteiger partial charge in [-0.1, -0.05) is 55.6 Å². The van der Waals surface area contributed by atoms with Gasteiger partial charge >= 0.3 is 0 Å². The van der Waals surface area contributed by atoms with Crippen LogP contribution in [-0.4, -0.2) is 48.9 Å². The van der Waals surface area contributed by atoms with Crippen LogP contribution in [-0.2, 0) is 0 Å². The number of likely N-dealkylation sites (tertiary alicyclic amines) is 1. The molecule has 0 spiro atoms. The molecule has 1 aromatic carbocycles. The predicted octanol–water partition coefficient (Wildman–Crippen LogP) is 6.47. The molecule has 1 aromatic heterocycles. The fraction of sp³-hybridized carbons (Fsp3) is 0.481. The first-order valence-electron chi connectivity index (χ1n) is 12.0. The molecule has 4 nitrogen and oxygen atoms in total. The normalized spacial score (nSPS) is 15.2. The zero-order valence-corrected chi connectivity index (χ0v) is 20.9. The quantitative estimate of drug-likeness (QED) is 0.268. The van der Waals surface area contributed by atoms with E-state index in [9.17, 15) is 0 Å². The number of benzene rings is 1. The third-order valence-electron chi connectivity index (χ3n) is 5.72. The van der Waals surface area contributed by atoms with E-state index < -0.39 is 0 Å². The second-order valence-electron chi connectivity index (χ2n) is 7.99. The minimum absolute atomic E-state index is 0.491.